The molecule has 1 amide bonds. The molecule has 4 aromatic carbocycles. The molecule has 0 radical (unpaired) electrons. The summed E-state index contributed by atoms with van der Waals surface area (Å²) in [6.45, 7) is 0. The number of aromatic amines is 1. The molecule has 0 spiro atoms. The third kappa shape index (κ3) is 5.29. The highest BCUT2D eigenvalue weighted by Gasteiger charge is 2.23. The number of hydrogen-bond donors (Lipinski definition) is 2. The van der Waals surface area contributed by atoms with Gasteiger partial charge in [-0.1, -0.05) is 83.3 Å². The second-order valence-corrected chi connectivity index (χ2v) is 9.41. The first kappa shape index (κ1) is 25.5. The average Bonchev–Trinajstić information content (AvgIpc) is 3.30. The second-order valence-electron chi connectivity index (χ2n) is 8.16. The van der Waals surface area contributed by atoms with Crippen molar-refractivity contribution in [2.75, 3.05) is 0 Å². The van der Waals surface area contributed by atoms with Gasteiger partial charge in [-0.2, -0.15) is 5.10 Å². The number of carbonyl (C=O) groups is 2. The number of benzene rings is 4. The highest BCUT2D eigenvalue weighted by Crippen LogP contribution is 2.41. The zero-order valence-electron chi connectivity index (χ0n) is 19.5. The zero-order valence-corrected chi connectivity index (χ0v) is 21.8. The number of halogens is 3. The van der Waals surface area contributed by atoms with Crippen molar-refractivity contribution in [3.8, 4) is 16.9 Å². The van der Waals surface area contributed by atoms with Gasteiger partial charge in [-0.05, 0) is 42.5 Å². The molecule has 0 saturated heterocycles. The monoisotopic (exact) mass is 561 g/mol. The predicted molar refractivity (Wildman–Crippen MR) is 152 cm³/mol. The normalized spacial score (nSPS) is 11.1. The smallest absolute Gasteiger partial charge is 0.343 e. The Morgan fingerprint density at radius 3 is 2.34 bits per heavy atom. The van der Waals surface area contributed by atoms with Crippen molar-refractivity contribution < 1.29 is 14.3 Å². The van der Waals surface area contributed by atoms with Crippen molar-refractivity contribution >= 4 is 63.8 Å². The number of ether oxygens (including phenoxy) is 1. The molecule has 38 heavy (non-hydrogen) atoms. The summed E-state index contributed by atoms with van der Waals surface area (Å²) < 4.78 is 5.54. The van der Waals surface area contributed by atoms with Gasteiger partial charge in [0.25, 0.3) is 5.91 Å². The summed E-state index contributed by atoms with van der Waals surface area (Å²) >= 11 is 19.2. The van der Waals surface area contributed by atoms with E-state index in [2.05, 4.69) is 15.5 Å². The first-order valence-corrected chi connectivity index (χ1v) is 12.5. The van der Waals surface area contributed by atoms with Gasteiger partial charge >= 0.3 is 5.97 Å². The molecule has 1 aromatic heterocycles. The lowest BCUT2D eigenvalue weighted by atomic mass is 10.0. The molecule has 0 aliphatic heterocycles. The number of hydrazone groups is 1. The lowest BCUT2D eigenvalue weighted by molar-refractivity contribution is 0.0734. The van der Waals surface area contributed by atoms with Crippen LogP contribution in [-0.2, 0) is 0 Å². The molecule has 0 aliphatic rings. The molecule has 0 saturated carbocycles. The van der Waals surface area contributed by atoms with Crippen LogP contribution in [0.1, 0.15) is 26.4 Å². The standard InChI is InChI=1S/C29H18Cl3N3O3/c30-19-14-22(32)26-23(15-19)34-27(25(26)20-11-5-6-12-21(20)31)28(36)35-33-16-18-10-4-7-13-24(18)38-29(37)17-8-2-1-3-9-17/h1-16,34H,(H,35,36). The lowest BCUT2D eigenvalue weighted by Gasteiger charge is -2.08. The van der Waals surface area contributed by atoms with Crippen molar-refractivity contribution in [1.29, 1.82) is 0 Å². The van der Waals surface area contributed by atoms with Crippen molar-refractivity contribution in [3.05, 3.63) is 123 Å². The highest BCUT2D eigenvalue weighted by atomic mass is 35.5. The molecule has 0 aliphatic carbocycles. The number of carbonyl (C=O) groups excluding carboxylic acids is 2. The van der Waals surface area contributed by atoms with E-state index in [1.807, 2.05) is 12.1 Å². The number of nitrogens with zero attached hydrogens (tertiary/aromatic N) is 1. The number of rotatable bonds is 6. The Kier molecular flexibility index (Phi) is 7.47. The van der Waals surface area contributed by atoms with Gasteiger partial charge in [-0.15, -0.1) is 0 Å². The summed E-state index contributed by atoms with van der Waals surface area (Å²) in [6.07, 6.45) is 1.40. The lowest BCUT2D eigenvalue weighted by Crippen LogP contribution is -2.19. The third-order valence-corrected chi connectivity index (χ3v) is 6.53. The SMILES string of the molecule is O=C(Oc1ccccc1C=NNC(=O)c1[nH]c2cc(Cl)cc(Cl)c2c1-c1ccccc1Cl)c1ccccc1. The van der Waals surface area contributed by atoms with Gasteiger partial charge in [0.1, 0.15) is 11.4 Å². The van der Waals surface area contributed by atoms with Crippen LogP contribution in [0.2, 0.25) is 15.1 Å². The second kappa shape index (κ2) is 11.1. The van der Waals surface area contributed by atoms with Gasteiger partial charge in [0.15, 0.2) is 0 Å². The topological polar surface area (TPSA) is 83.5 Å². The maximum atomic E-state index is 13.3. The van der Waals surface area contributed by atoms with E-state index in [-0.39, 0.29) is 5.69 Å². The van der Waals surface area contributed by atoms with Crippen LogP contribution in [0, 0.1) is 0 Å². The van der Waals surface area contributed by atoms with E-state index < -0.39 is 11.9 Å². The summed E-state index contributed by atoms with van der Waals surface area (Å²) in [7, 11) is 0. The maximum absolute atomic E-state index is 13.3. The van der Waals surface area contributed by atoms with Crippen molar-refractivity contribution in [2.24, 2.45) is 5.10 Å². The molecule has 0 bridgehead atoms. The first-order valence-electron chi connectivity index (χ1n) is 11.4. The fraction of sp³-hybridized carbons (Fsp3) is 0. The summed E-state index contributed by atoms with van der Waals surface area (Å²) in [5.74, 6) is -0.741. The molecule has 0 unspecified atom stereocenters. The van der Waals surface area contributed by atoms with Gasteiger partial charge in [0.05, 0.1) is 16.8 Å². The number of fused-ring (bicyclic) bond motifs is 1. The van der Waals surface area contributed by atoms with E-state index in [1.165, 1.54) is 6.21 Å². The van der Waals surface area contributed by atoms with Gasteiger partial charge < -0.3 is 9.72 Å². The first-order chi connectivity index (χ1) is 18.4. The average molecular weight is 563 g/mol. The summed E-state index contributed by atoms with van der Waals surface area (Å²) in [5.41, 5.74) is 5.36. The summed E-state index contributed by atoms with van der Waals surface area (Å²) in [6, 6.07) is 25.9. The van der Waals surface area contributed by atoms with Crippen LogP contribution in [0.4, 0.5) is 0 Å². The Hall–Kier alpha value is -4.10. The fourth-order valence-electron chi connectivity index (χ4n) is 3.98. The molecule has 5 rings (SSSR count). The van der Waals surface area contributed by atoms with E-state index >= 15 is 0 Å². The van der Waals surface area contributed by atoms with Crippen molar-refractivity contribution in [1.82, 2.24) is 10.4 Å². The molecular formula is C29H18Cl3N3O3. The van der Waals surface area contributed by atoms with Crippen LogP contribution < -0.4 is 10.2 Å². The van der Waals surface area contributed by atoms with Crippen LogP contribution in [0.3, 0.4) is 0 Å². The summed E-state index contributed by atoms with van der Waals surface area (Å²) in [5, 5.41) is 5.94. The number of H-pyrrole nitrogens is 1. The van der Waals surface area contributed by atoms with Gasteiger partial charge in [0, 0.05) is 37.6 Å². The van der Waals surface area contributed by atoms with E-state index in [0.717, 1.165) is 0 Å². The number of para-hydroxylation sites is 1. The molecule has 0 atom stereocenters. The maximum Gasteiger partial charge on any atom is 0.343 e. The highest BCUT2D eigenvalue weighted by molar-refractivity contribution is 6.41. The number of amides is 1. The minimum Gasteiger partial charge on any atom is -0.422 e. The Balaban J connectivity index is 1.44. The Bertz CT molecular complexity index is 1700. The molecule has 1 heterocycles. The fourth-order valence-corrected chi connectivity index (χ4v) is 4.80. The quantitative estimate of drug-likeness (QED) is 0.0959. The van der Waals surface area contributed by atoms with E-state index in [4.69, 9.17) is 39.5 Å². The molecular weight excluding hydrogens is 545 g/mol. The van der Waals surface area contributed by atoms with Crippen LogP contribution in [0.5, 0.6) is 5.75 Å². The Morgan fingerprint density at radius 2 is 1.55 bits per heavy atom. The van der Waals surface area contributed by atoms with E-state index in [1.54, 1.807) is 78.9 Å². The van der Waals surface area contributed by atoms with Crippen LogP contribution in [0.25, 0.3) is 22.0 Å². The van der Waals surface area contributed by atoms with Gasteiger partial charge in [-0.3, -0.25) is 4.79 Å². The zero-order chi connectivity index (χ0) is 26.6. The van der Waals surface area contributed by atoms with Gasteiger partial charge in [0.2, 0.25) is 0 Å². The third-order valence-electron chi connectivity index (χ3n) is 5.69. The van der Waals surface area contributed by atoms with Crippen molar-refractivity contribution in [2.45, 2.75) is 0 Å². The van der Waals surface area contributed by atoms with Crippen LogP contribution in [-0.4, -0.2) is 23.1 Å². The van der Waals surface area contributed by atoms with Gasteiger partial charge in [-0.25, -0.2) is 10.2 Å². The molecule has 0 fully saturated rings. The van der Waals surface area contributed by atoms with Crippen LogP contribution >= 0.6 is 34.8 Å². The number of hydrogen-bond acceptors (Lipinski definition) is 4. The molecule has 2 N–H and O–H groups in total. The number of esters is 1. The number of aromatic nitrogens is 1. The molecule has 9 heteroatoms. The van der Waals surface area contributed by atoms with E-state index in [0.29, 0.717) is 54.0 Å². The van der Waals surface area contributed by atoms with Crippen molar-refractivity contribution in [3.63, 3.8) is 0 Å². The largest absolute Gasteiger partial charge is 0.422 e. The van der Waals surface area contributed by atoms with Crippen LogP contribution in [0.15, 0.2) is 96.1 Å². The minimum absolute atomic E-state index is 0.207. The molecule has 5 aromatic rings. The predicted octanol–water partition coefficient (Wildman–Crippen LogP) is 7.78. The Morgan fingerprint density at radius 1 is 0.842 bits per heavy atom. The molecule has 6 nitrogen and oxygen atoms in total. The Labute approximate surface area is 232 Å². The van der Waals surface area contributed by atoms with E-state index in [9.17, 15) is 9.59 Å². The summed E-state index contributed by atoms with van der Waals surface area (Å²) in [4.78, 5) is 28.9. The molecule has 188 valence electrons. The number of nitrogens with one attached hydrogen (secondary N) is 2. The minimum atomic E-state index is -0.529.